The van der Waals surface area contributed by atoms with Gasteiger partial charge in [0.15, 0.2) is 0 Å². The quantitative estimate of drug-likeness (QED) is 0.809. The molecule has 1 fully saturated rings. The summed E-state index contributed by atoms with van der Waals surface area (Å²) >= 11 is 0. The van der Waals surface area contributed by atoms with Crippen LogP contribution in [0.3, 0.4) is 0 Å². The van der Waals surface area contributed by atoms with Crippen LogP contribution in [0.1, 0.15) is 54.4 Å². The molecule has 0 bridgehead atoms. The first-order valence-corrected chi connectivity index (χ1v) is 6.63. The lowest BCUT2D eigenvalue weighted by Crippen LogP contribution is -2.55. The van der Waals surface area contributed by atoms with E-state index < -0.39 is 34.5 Å². The monoisotopic (exact) mass is 271 g/mol. The minimum Gasteiger partial charge on any atom is -0.481 e. The van der Waals surface area contributed by atoms with Gasteiger partial charge in [0.2, 0.25) is 0 Å². The second-order valence-corrected chi connectivity index (χ2v) is 7.11. The topological polar surface area (TPSA) is 75.6 Å². The van der Waals surface area contributed by atoms with Crippen LogP contribution in [0.4, 0.5) is 4.79 Å². The summed E-state index contributed by atoms with van der Waals surface area (Å²) in [7, 11) is 0. The van der Waals surface area contributed by atoms with Crippen LogP contribution in [0, 0.1) is 11.3 Å². The van der Waals surface area contributed by atoms with Crippen molar-refractivity contribution in [2.75, 3.05) is 0 Å². The third kappa shape index (κ3) is 3.19. The lowest BCUT2D eigenvalue weighted by atomic mass is 9.71. The van der Waals surface area contributed by atoms with Crippen molar-refractivity contribution in [3.05, 3.63) is 0 Å². The van der Waals surface area contributed by atoms with Crippen molar-refractivity contribution in [3.8, 4) is 0 Å². The molecule has 1 amide bonds. The Hall–Kier alpha value is -1.26. The summed E-state index contributed by atoms with van der Waals surface area (Å²) in [5.74, 6) is -1.26. The van der Waals surface area contributed by atoms with Crippen LogP contribution in [0.25, 0.3) is 0 Å². The molecule has 1 aliphatic carbocycles. The van der Waals surface area contributed by atoms with E-state index in [4.69, 9.17) is 4.74 Å². The van der Waals surface area contributed by atoms with Crippen molar-refractivity contribution in [1.29, 1.82) is 0 Å². The lowest BCUT2D eigenvalue weighted by molar-refractivity contribution is -0.145. The summed E-state index contributed by atoms with van der Waals surface area (Å²) in [5, 5.41) is 12.1. The largest absolute Gasteiger partial charge is 0.481 e. The highest BCUT2D eigenvalue weighted by Gasteiger charge is 2.55. The first-order chi connectivity index (χ1) is 8.39. The van der Waals surface area contributed by atoms with Crippen molar-refractivity contribution >= 4 is 12.1 Å². The Morgan fingerprint density at radius 3 is 2.16 bits per heavy atom. The molecule has 5 heteroatoms. The Morgan fingerprint density at radius 1 is 1.26 bits per heavy atom. The number of alkyl carbamates (subject to hydrolysis) is 1. The van der Waals surface area contributed by atoms with Gasteiger partial charge in [-0.15, -0.1) is 0 Å². The summed E-state index contributed by atoms with van der Waals surface area (Å²) < 4.78 is 5.26. The van der Waals surface area contributed by atoms with Gasteiger partial charge in [-0.3, -0.25) is 4.79 Å². The number of carbonyl (C=O) groups excluding carboxylic acids is 1. The molecule has 1 aliphatic rings. The predicted molar refractivity (Wildman–Crippen MR) is 71.9 cm³/mol. The molecule has 2 atom stereocenters. The number of nitrogens with one attached hydrogen (secondary N) is 1. The van der Waals surface area contributed by atoms with E-state index in [1.165, 1.54) is 0 Å². The third-order valence-electron chi connectivity index (χ3n) is 4.30. The molecule has 0 aromatic heterocycles. The smallest absolute Gasteiger partial charge is 0.408 e. The van der Waals surface area contributed by atoms with E-state index in [-0.39, 0.29) is 0 Å². The van der Waals surface area contributed by atoms with E-state index in [9.17, 15) is 14.7 Å². The fraction of sp³-hybridized carbons (Fsp3) is 0.857. The molecule has 2 N–H and O–H groups in total. The maximum absolute atomic E-state index is 11.9. The number of ether oxygens (including phenoxy) is 1. The number of aliphatic carboxylic acids is 1. The lowest BCUT2D eigenvalue weighted by Gasteiger charge is -2.41. The molecule has 0 radical (unpaired) electrons. The van der Waals surface area contributed by atoms with E-state index in [1.807, 2.05) is 20.8 Å². The van der Waals surface area contributed by atoms with Crippen LogP contribution in [-0.4, -0.2) is 28.3 Å². The van der Waals surface area contributed by atoms with E-state index in [0.717, 1.165) is 0 Å². The van der Waals surface area contributed by atoms with Crippen molar-refractivity contribution in [3.63, 3.8) is 0 Å². The third-order valence-corrected chi connectivity index (χ3v) is 4.30. The van der Waals surface area contributed by atoms with Crippen LogP contribution >= 0.6 is 0 Å². The van der Waals surface area contributed by atoms with Crippen molar-refractivity contribution < 1.29 is 19.4 Å². The van der Waals surface area contributed by atoms with Gasteiger partial charge in [-0.05, 0) is 40.5 Å². The van der Waals surface area contributed by atoms with Crippen molar-refractivity contribution in [2.24, 2.45) is 11.3 Å². The van der Waals surface area contributed by atoms with Crippen LogP contribution in [0.2, 0.25) is 0 Å². The molecule has 110 valence electrons. The zero-order chi connectivity index (χ0) is 15.1. The van der Waals surface area contributed by atoms with Gasteiger partial charge < -0.3 is 15.2 Å². The Kier molecular flexibility index (Phi) is 3.90. The van der Waals surface area contributed by atoms with Crippen LogP contribution in [-0.2, 0) is 9.53 Å². The number of hydrogen-bond acceptors (Lipinski definition) is 3. The van der Waals surface area contributed by atoms with Gasteiger partial charge in [-0.2, -0.15) is 0 Å². The molecule has 0 heterocycles. The predicted octanol–water partition coefficient (Wildman–Crippen LogP) is 2.79. The molecular weight excluding hydrogens is 246 g/mol. The van der Waals surface area contributed by atoms with Gasteiger partial charge in [-0.25, -0.2) is 4.79 Å². The number of carboxylic acids is 1. The van der Waals surface area contributed by atoms with Gasteiger partial charge in [-0.1, -0.05) is 13.8 Å². The molecule has 19 heavy (non-hydrogen) atoms. The number of carbonyl (C=O) groups is 2. The average Bonchev–Trinajstić information content (AvgIpc) is 2.33. The fourth-order valence-electron chi connectivity index (χ4n) is 2.69. The Labute approximate surface area is 114 Å². The number of hydrogen-bond donors (Lipinski definition) is 2. The van der Waals surface area contributed by atoms with E-state index >= 15 is 0 Å². The first kappa shape index (κ1) is 15.8. The summed E-state index contributed by atoms with van der Waals surface area (Å²) in [6, 6.07) is 0. The number of amides is 1. The molecule has 0 spiro atoms. The second kappa shape index (κ2) is 4.69. The summed E-state index contributed by atoms with van der Waals surface area (Å²) in [6.45, 7) is 11.1. The fourth-order valence-corrected chi connectivity index (χ4v) is 2.69. The van der Waals surface area contributed by atoms with E-state index in [0.29, 0.717) is 12.8 Å². The maximum atomic E-state index is 11.9. The zero-order valence-corrected chi connectivity index (χ0v) is 12.7. The number of carboxylic acid groups (broad SMARTS) is 1. The SMILES string of the molecule is CC(C)(C)OC(=O)N[C@@]1(C)CC[C@@H](C(=O)O)C1(C)C. The first-order valence-electron chi connectivity index (χ1n) is 6.63. The molecule has 0 aromatic rings. The molecule has 0 aliphatic heterocycles. The summed E-state index contributed by atoms with van der Waals surface area (Å²) in [6.07, 6.45) is 0.708. The highest BCUT2D eigenvalue weighted by atomic mass is 16.6. The van der Waals surface area contributed by atoms with Crippen LogP contribution < -0.4 is 5.32 Å². The van der Waals surface area contributed by atoms with Crippen molar-refractivity contribution in [2.45, 2.75) is 65.5 Å². The maximum Gasteiger partial charge on any atom is 0.408 e. The standard InChI is InChI=1S/C14H25NO4/c1-12(2,3)19-11(18)15-14(6)8-7-9(10(16)17)13(14,4)5/h9H,7-8H2,1-6H3,(H,15,18)(H,16,17)/t9-,14-/m0/s1. The highest BCUT2D eigenvalue weighted by molar-refractivity contribution is 5.73. The van der Waals surface area contributed by atoms with Gasteiger partial charge in [0.25, 0.3) is 0 Å². The zero-order valence-electron chi connectivity index (χ0n) is 12.7. The minimum atomic E-state index is -0.806. The second-order valence-electron chi connectivity index (χ2n) is 7.11. The highest BCUT2D eigenvalue weighted by Crippen LogP contribution is 2.50. The van der Waals surface area contributed by atoms with Gasteiger partial charge in [0.1, 0.15) is 5.60 Å². The molecule has 0 aromatic carbocycles. The minimum absolute atomic E-state index is 0.451. The summed E-state index contributed by atoms with van der Waals surface area (Å²) in [4.78, 5) is 23.2. The molecular formula is C14H25NO4. The van der Waals surface area contributed by atoms with Crippen LogP contribution in [0.15, 0.2) is 0 Å². The molecule has 1 rings (SSSR count). The Bertz CT molecular complexity index is 383. The van der Waals surface area contributed by atoms with E-state index in [1.54, 1.807) is 20.8 Å². The van der Waals surface area contributed by atoms with Crippen molar-refractivity contribution in [1.82, 2.24) is 5.32 Å². The molecule has 0 saturated heterocycles. The Balaban J connectivity index is 2.83. The molecule has 1 saturated carbocycles. The van der Waals surface area contributed by atoms with Crippen LogP contribution in [0.5, 0.6) is 0 Å². The summed E-state index contributed by atoms with van der Waals surface area (Å²) in [5.41, 5.74) is -1.65. The van der Waals surface area contributed by atoms with E-state index in [2.05, 4.69) is 5.32 Å². The van der Waals surface area contributed by atoms with Gasteiger partial charge >= 0.3 is 12.1 Å². The van der Waals surface area contributed by atoms with Gasteiger partial charge in [0.05, 0.1) is 5.92 Å². The molecule has 5 nitrogen and oxygen atoms in total. The molecule has 0 unspecified atom stereocenters. The van der Waals surface area contributed by atoms with Gasteiger partial charge in [0, 0.05) is 11.0 Å². The number of rotatable bonds is 2. The average molecular weight is 271 g/mol. The Morgan fingerprint density at radius 2 is 1.79 bits per heavy atom. The normalized spacial score (nSPS) is 29.9.